The van der Waals surface area contributed by atoms with E-state index in [9.17, 15) is 56.2 Å². The summed E-state index contributed by atoms with van der Waals surface area (Å²) in [6.07, 6.45) is -25.5. The van der Waals surface area contributed by atoms with Crippen molar-refractivity contribution < 1.29 is 75.1 Å². The molecule has 0 aromatic heterocycles. The van der Waals surface area contributed by atoms with E-state index in [1.54, 1.807) is 0 Å². The van der Waals surface area contributed by atoms with E-state index in [-0.39, 0.29) is 0 Å². The molecular formula is C18H33NO15. The standard InChI is InChI=1S/C18H33NO15/c19-5-7(23)15(33-18-14(30)8(24)6(22)3(1-20)31-18)4(2-21)32-17(5)34-16-12(28)10(26)9(25)11(27)13(16)29/h3-18,20-30H,1-2,19H2/t3-,4-,5-,6+,7-,8+,9?,10-,11+,12-,13-,14-,15-,16?,17-,18-/m1/s1. The van der Waals surface area contributed by atoms with Gasteiger partial charge in [-0.15, -0.1) is 0 Å². The SMILES string of the molecule is N[C@H]1[C@@H](OC2[C@H](O)[C@H](O)C(O)[C@H](O)[C@H]2O)O[C@H](CO)[C@@H](O[C@H]2O[C@H](CO)[C@H](O)[C@H](O)[C@H]2O)[C@@H]1O. The number of aliphatic hydroxyl groups is 11. The lowest BCUT2D eigenvalue weighted by atomic mass is 9.84. The van der Waals surface area contributed by atoms with Crippen molar-refractivity contribution >= 4 is 0 Å². The predicted octanol–water partition coefficient (Wildman–Crippen LogP) is -8.22. The first-order valence-corrected chi connectivity index (χ1v) is 10.7. The zero-order valence-electron chi connectivity index (χ0n) is 17.8. The Morgan fingerprint density at radius 1 is 0.500 bits per heavy atom. The Balaban J connectivity index is 1.72. The summed E-state index contributed by atoms with van der Waals surface area (Å²) < 4.78 is 21.6. The smallest absolute Gasteiger partial charge is 0.187 e. The first-order chi connectivity index (χ1) is 15.9. The maximum Gasteiger partial charge on any atom is 0.187 e. The molecule has 0 aromatic rings. The number of rotatable bonds is 6. The molecule has 2 saturated heterocycles. The quantitative estimate of drug-likeness (QED) is 0.160. The first kappa shape index (κ1) is 27.9. The van der Waals surface area contributed by atoms with Crippen LogP contribution in [0, 0.1) is 0 Å². The van der Waals surface area contributed by atoms with Gasteiger partial charge in [-0.3, -0.25) is 0 Å². The Hall–Kier alpha value is -0.640. The van der Waals surface area contributed by atoms with E-state index in [0.717, 1.165) is 0 Å². The molecule has 200 valence electrons. The molecule has 16 heteroatoms. The van der Waals surface area contributed by atoms with Crippen molar-refractivity contribution in [1.82, 2.24) is 0 Å². The van der Waals surface area contributed by atoms with E-state index in [1.807, 2.05) is 0 Å². The molecule has 0 aromatic carbocycles. The van der Waals surface area contributed by atoms with Crippen LogP contribution in [0.1, 0.15) is 0 Å². The van der Waals surface area contributed by atoms with Gasteiger partial charge in [0, 0.05) is 0 Å². The van der Waals surface area contributed by atoms with Crippen LogP contribution in [0.4, 0.5) is 0 Å². The number of nitrogens with two attached hydrogens (primary N) is 1. The summed E-state index contributed by atoms with van der Waals surface area (Å²) in [5.41, 5.74) is 5.95. The molecule has 16 nitrogen and oxygen atoms in total. The molecule has 0 amide bonds. The minimum Gasteiger partial charge on any atom is -0.394 e. The lowest BCUT2D eigenvalue weighted by Crippen LogP contribution is -2.69. The van der Waals surface area contributed by atoms with E-state index < -0.39 is 111 Å². The van der Waals surface area contributed by atoms with Gasteiger partial charge in [0.15, 0.2) is 12.6 Å². The third kappa shape index (κ3) is 5.09. The third-order valence-corrected chi connectivity index (χ3v) is 6.40. The normalized spacial score (nSPS) is 54.7. The van der Waals surface area contributed by atoms with Gasteiger partial charge >= 0.3 is 0 Å². The average molecular weight is 503 g/mol. The van der Waals surface area contributed by atoms with E-state index in [0.29, 0.717) is 0 Å². The summed E-state index contributed by atoms with van der Waals surface area (Å²) in [6, 6.07) is -1.47. The minimum absolute atomic E-state index is 0.730. The van der Waals surface area contributed by atoms with Crippen LogP contribution in [0.3, 0.4) is 0 Å². The highest BCUT2D eigenvalue weighted by atomic mass is 16.7. The third-order valence-electron chi connectivity index (χ3n) is 6.40. The van der Waals surface area contributed by atoms with Crippen LogP contribution >= 0.6 is 0 Å². The van der Waals surface area contributed by atoms with Gasteiger partial charge in [0.25, 0.3) is 0 Å². The largest absolute Gasteiger partial charge is 0.394 e. The highest BCUT2D eigenvalue weighted by Gasteiger charge is 2.54. The molecule has 1 aliphatic carbocycles. The molecule has 2 aliphatic heterocycles. The Morgan fingerprint density at radius 2 is 0.941 bits per heavy atom. The van der Waals surface area contributed by atoms with Crippen LogP contribution in [0.25, 0.3) is 0 Å². The van der Waals surface area contributed by atoms with Crippen LogP contribution in [0.5, 0.6) is 0 Å². The summed E-state index contributed by atoms with van der Waals surface area (Å²) in [7, 11) is 0. The molecule has 0 spiro atoms. The average Bonchev–Trinajstić information content (AvgIpc) is 2.83. The van der Waals surface area contributed by atoms with Gasteiger partial charge in [-0.25, -0.2) is 0 Å². The van der Waals surface area contributed by atoms with Crippen LogP contribution in [0.2, 0.25) is 0 Å². The molecule has 16 atom stereocenters. The van der Waals surface area contributed by atoms with Gasteiger partial charge in [0.2, 0.25) is 0 Å². The predicted molar refractivity (Wildman–Crippen MR) is 103 cm³/mol. The monoisotopic (exact) mass is 503 g/mol. The lowest BCUT2D eigenvalue weighted by molar-refractivity contribution is -0.357. The van der Waals surface area contributed by atoms with E-state index in [1.165, 1.54) is 0 Å². The van der Waals surface area contributed by atoms with Crippen molar-refractivity contribution in [1.29, 1.82) is 0 Å². The fourth-order valence-corrected chi connectivity index (χ4v) is 4.23. The van der Waals surface area contributed by atoms with Gasteiger partial charge in [-0.05, 0) is 0 Å². The number of hydrogen-bond donors (Lipinski definition) is 12. The maximum absolute atomic E-state index is 10.7. The molecular weight excluding hydrogens is 470 g/mol. The molecule has 3 fully saturated rings. The fourth-order valence-electron chi connectivity index (χ4n) is 4.23. The van der Waals surface area contributed by atoms with Gasteiger partial charge < -0.3 is 80.9 Å². The van der Waals surface area contributed by atoms with Crippen molar-refractivity contribution in [3.8, 4) is 0 Å². The Kier molecular flexibility index (Phi) is 9.18. The van der Waals surface area contributed by atoms with Gasteiger partial charge in [-0.1, -0.05) is 0 Å². The summed E-state index contributed by atoms with van der Waals surface area (Å²) in [5.74, 6) is 0. The molecule has 1 saturated carbocycles. The maximum atomic E-state index is 10.7. The van der Waals surface area contributed by atoms with Crippen LogP contribution in [-0.4, -0.2) is 167 Å². The van der Waals surface area contributed by atoms with Crippen LogP contribution in [0.15, 0.2) is 0 Å². The second kappa shape index (κ2) is 11.2. The molecule has 3 rings (SSSR count). The highest BCUT2D eigenvalue weighted by Crippen LogP contribution is 2.31. The van der Waals surface area contributed by atoms with Gasteiger partial charge in [-0.2, -0.15) is 0 Å². The number of ether oxygens (including phenoxy) is 4. The molecule has 0 radical (unpaired) electrons. The Morgan fingerprint density at radius 3 is 1.47 bits per heavy atom. The molecule has 2 unspecified atom stereocenters. The van der Waals surface area contributed by atoms with Crippen LogP contribution in [-0.2, 0) is 18.9 Å². The van der Waals surface area contributed by atoms with Crippen molar-refractivity contribution in [2.24, 2.45) is 5.73 Å². The summed E-state index contributed by atoms with van der Waals surface area (Å²) >= 11 is 0. The summed E-state index contributed by atoms with van der Waals surface area (Å²) in [6.45, 7) is -1.53. The van der Waals surface area contributed by atoms with Crippen LogP contribution < -0.4 is 5.73 Å². The second-order valence-electron chi connectivity index (χ2n) is 8.65. The Labute approximate surface area is 192 Å². The molecule has 34 heavy (non-hydrogen) atoms. The molecule has 0 bridgehead atoms. The first-order valence-electron chi connectivity index (χ1n) is 10.7. The zero-order chi connectivity index (χ0) is 25.5. The number of aliphatic hydroxyl groups excluding tert-OH is 11. The van der Waals surface area contributed by atoms with E-state index in [2.05, 4.69) is 0 Å². The molecule has 2 heterocycles. The van der Waals surface area contributed by atoms with Crippen molar-refractivity contribution in [2.45, 2.75) is 98.0 Å². The highest BCUT2D eigenvalue weighted by molar-refractivity contribution is 5.01. The van der Waals surface area contributed by atoms with Gasteiger partial charge in [0.05, 0.1) is 19.3 Å². The van der Waals surface area contributed by atoms with Crippen molar-refractivity contribution in [3.63, 3.8) is 0 Å². The summed E-state index contributed by atoms with van der Waals surface area (Å²) in [4.78, 5) is 0. The lowest BCUT2D eigenvalue weighted by Gasteiger charge is -2.48. The van der Waals surface area contributed by atoms with Gasteiger partial charge in [0.1, 0.15) is 79.4 Å². The van der Waals surface area contributed by atoms with E-state index >= 15 is 0 Å². The number of hydrogen-bond acceptors (Lipinski definition) is 16. The second-order valence-corrected chi connectivity index (χ2v) is 8.65. The fraction of sp³-hybridized carbons (Fsp3) is 1.00. The zero-order valence-corrected chi connectivity index (χ0v) is 17.8. The van der Waals surface area contributed by atoms with E-state index in [4.69, 9.17) is 24.7 Å². The Bertz CT molecular complexity index is 641. The molecule has 3 aliphatic rings. The summed E-state index contributed by atoms with van der Waals surface area (Å²) in [5, 5.41) is 109. The van der Waals surface area contributed by atoms with Crippen molar-refractivity contribution in [3.05, 3.63) is 0 Å². The van der Waals surface area contributed by atoms with Crippen molar-refractivity contribution in [2.75, 3.05) is 13.2 Å². The minimum atomic E-state index is -1.89. The topological polar surface area (TPSA) is 285 Å². The molecule has 13 N–H and O–H groups in total.